The molecule has 1 aliphatic heterocycles. The fourth-order valence-electron chi connectivity index (χ4n) is 2.91. The number of benzene rings is 2. The predicted molar refractivity (Wildman–Crippen MR) is 108 cm³/mol. The maximum absolute atomic E-state index is 12.6. The fourth-order valence-corrected chi connectivity index (χ4v) is 4.48. The molecule has 9 heteroatoms. The third-order valence-electron chi connectivity index (χ3n) is 4.31. The second-order valence-electron chi connectivity index (χ2n) is 6.33. The lowest BCUT2D eigenvalue weighted by Gasteiger charge is -2.29. The van der Waals surface area contributed by atoms with Gasteiger partial charge in [0.05, 0.1) is 10.6 Å². The summed E-state index contributed by atoms with van der Waals surface area (Å²) >= 11 is 1.72. The van der Waals surface area contributed by atoms with Gasteiger partial charge < -0.3 is 10.2 Å². The normalized spacial score (nSPS) is 13.7. The number of amides is 2. The molecular formula is C19H21N3O4S2. The maximum atomic E-state index is 12.6. The number of nitrogens with one attached hydrogen (secondary N) is 1. The molecule has 3 N–H and O–H groups in total. The van der Waals surface area contributed by atoms with E-state index >= 15 is 0 Å². The Labute approximate surface area is 168 Å². The summed E-state index contributed by atoms with van der Waals surface area (Å²) in [5.74, 6) is 0.475. The van der Waals surface area contributed by atoms with Crippen molar-refractivity contribution in [2.45, 2.75) is 29.2 Å². The smallest absolute Gasteiger partial charge is 0.238 e. The van der Waals surface area contributed by atoms with Crippen LogP contribution in [-0.4, -0.2) is 32.5 Å². The standard InChI is InChI=1S/C19H21N3O4S2/c20-28(25,26)15-5-3-4-14(12-15)13-21-18(23)8-9-19(24)22-10-11-27-17-7-2-1-6-16(17)22/h1-7,12H,8-11,13H2,(H,21,23)(H2,20,25,26). The first-order valence-electron chi connectivity index (χ1n) is 8.75. The summed E-state index contributed by atoms with van der Waals surface area (Å²) in [6.45, 7) is 0.794. The van der Waals surface area contributed by atoms with Crippen LogP contribution in [0.1, 0.15) is 18.4 Å². The summed E-state index contributed by atoms with van der Waals surface area (Å²) in [4.78, 5) is 27.5. The van der Waals surface area contributed by atoms with E-state index in [0.717, 1.165) is 16.3 Å². The Morgan fingerprint density at radius 2 is 1.89 bits per heavy atom. The number of carbonyl (C=O) groups excluding carboxylic acids is 2. The molecule has 1 aliphatic rings. The van der Waals surface area contributed by atoms with Crippen molar-refractivity contribution in [3.63, 3.8) is 0 Å². The number of hydrogen-bond acceptors (Lipinski definition) is 5. The van der Waals surface area contributed by atoms with E-state index in [-0.39, 0.29) is 36.1 Å². The van der Waals surface area contributed by atoms with Gasteiger partial charge in [0, 0.05) is 36.6 Å². The molecule has 0 saturated heterocycles. The van der Waals surface area contributed by atoms with Gasteiger partial charge >= 0.3 is 0 Å². The molecule has 0 unspecified atom stereocenters. The first kappa shape index (κ1) is 20.4. The highest BCUT2D eigenvalue weighted by Gasteiger charge is 2.22. The Bertz CT molecular complexity index is 992. The Balaban J connectivity index is 1.52. The number of sulfonamides is 1. The minimum absolute atomic E-state index is 0.00365. The van der Waals surface area contributed by atoms with Gasteiger partial charge in [0.1, 0.15) is 0 Å². The van der Waals surface area contributed by atoms with Crippen molar-refractivity contribution < 1.29 is 18.0 Å². The van der Waals surface area contributed by atoms with E-state index < -0.39 is 10.0 Å². The molecule has 2 aromatic carbocycles. The van der Waals surface area contributed by atoms with Crippen molar-refractivity contribution in [3.05, 3.63) is 54.1 Å². The minimum Gasteiger partial charge on any atom is -0.352 e. The van der Waals surface area contributed by atoms with Crippen LogP contribution in [-0.2, 0) is 26.2 Å². The molecule has 1 heterocycles. The van der Waals surface area contributed by atoms with Crippen LogP contribution in [0.3, 0.4) is 0 Å². The first-order valence-corrected chi connectivity index (χ1v) is 11.3. The number of para-hydroxylation sites is 1. The van der Waals surface area contributed by atoms with Crippen LogP contribution in [0.5, 0.6) is 0 Å². The van der Waals surface area contributed by atoms with Crippen LogP contribution in [0.4, 0.5) is 5.69 Å². The van der Waals surface area contributed by atoms with Gasteiger partial charge in [-0.2, -0.15) is 0 Å². The first-order chi connectivity index (χ1) is 13.3. The Morgan fingerprint density at radius 1 is 1.11 bits per heavy atom. The van der Waals surface area contributed by atoms with Gasteiger partial charge in [-0.05, 0) is 29.8 Å². The summed E-state index contributed by atoms with van der Waals surface area (Å²) < 4.78 is 22.8. The molecule has 0 saturated carbocycles. The highest BCUT2D eigenvalue weighted by molar-refractivity contribution is 7.99. The van der Waals surface area contributed by atoms with Gasteiger partial charge in [0.25, 0.3) is 0 Å². The zero-order valence-electron chi connectivity index (χ0n) is 15.1. The van der Waals surface area contributed by atoms with Crippen LogP contribution in [0.2, 0.25) is 0 Å². The number of rotatable bonds is 6. The highest BCUT2D eigenvalue weighted by atomic mass is 32.2. The number of nitrogens with two attached hydrogens (primary N) is 1. The van der Waals surface area contributed by atoms with E-state index in [1.165, 1.54) is 12.1 Å². The van der Waals surface area contributed by atoms with E-state index in [4.69, 9.17) is 5.14 Å². The van der Waals surface area contributed by atoms with Crippen molar-refractivity contribution in [1.82, 2.24) is 5.32 Å². The monoisotopic (exact) mass is 419 g/mol. The molecule has 148 valence electrons. The van der Waals surface area contributed by atoms with E-state index in [1.807, 2.05) is 24.3 Å². The van der Waals surface area contributed by atoms with Crippen LogP contribution in [0.25, 0.3) is 0 Å². The lowest BCUT2D eigenvalue weighted by molar-refractivity contribution is -0.125. The van der Waals surface area contributed by atoms with Crippen molar-refractivity contribution in [3.8, 4) is 0 Å². The molecule has 7 nitrogen and oxygen atoms in total. The lowest BCUT2D eigenvalue weighted by Crippen LogP contribution is -2.36. The van der Waals surface area contributed by atoms with Crippen LogP contribution in [0, 0.1) is 0 Å². The number of carbonyl (C=O) groups is 2. The fraction of sp³-hybridized carbons (Fsp3) is 0.263. The van der Waals surface area contributed by atoms with Gasteiger partial charge in [-0.25, -0.2) is 13.6 Å². The van der Waals surface area contributed by atoms with Gasteiger partial charge in [-0.15, -0.1) is 11.8 Å². The van der Waals surface area contributed by atoms with Gasteiger partial charge in [-0.3, -0.25) is 9.59 Å². The minimum atomic E-state index is -3.79. The Kier molecular flexibility index (Phi) is 6.38. The number of anilines is 1. The Morgan fingerprint density at radius 3 is 2.68 bits per heavy atom. The molecule has 28 heavy (non-hydrogen) atoms. The van der Waals surface area contributed by atoms with Crippen molar-refractivity contribution >= 4 is 39.3 Å². The lowest BCUT2D eigenvalue weighted by atomic mass is 10.2. The second kappa shape index (κ2) is 8.76. The van der Waals surface area contributed by atoms with E-state index in [9.17, 15) is 18.0 Å². The molecule has 0 spiro atoms. The van der Waals surface area contributed by atoms with Crippen molar-refractivity contribution in [2.75, 3.05) is 17.2 Å². The summed E-state index contributed by atoms with van der Waals surface area (Å²) in [5, 5.41) is 7.81. The maximum Gasteiger partial charge on any atom is 0.238 e. The van der Waals surface area contributed by atoms with E-state index in [0.29, 0.717) is 12.1 Å². The summed E-state index contributed by atoms with van der Waals surface area (Å²) in [7, 11) is -3.79. The predicted octanol–water partition coefficient (Wildman–Crippen LogP) is 1.87. The molecule has 0 fully saturated rings. The number of nitrogens with zero attached hydrogens (tertiary/aromatic N) is 1. The van der Waals surface area contributed by atoms with Gasteiger partial charge in [0.2, 0.25) is 21.8 Å². The quantitative estimate of drug-likeness (QED) is 0.743. The molecule has 2 aromatic rings. The molecule has 0 bridgehead atoms. The number of hydrogen-bond donors (Lipinski definition) is 2. The van der Waals surface area contributed by atoms with Crippen molar-refractivity contribution in [1.29, 1.82) is 0 Å². The average molecular weight is 420 g/mol. The SMILES string of the molecule is NS(=O)(=O)c1cccc(CNC(=O)CCC(=O)N2CCSc3ccccc32)c1. The molecular weight excluding hydrogens is 398 g/mol. The summed E-state index contributed by atoms with van der Waals surface area (Å²) in [6, 6.07) is 13.8. The van der Waals surface area contributed by atoms with Gasteiger partial charge in [0.15, 0.2) is 0 Å². The molecule has 0 aromatic heterocycles. The summed E-state index contributed by atoms with van der Waals surface area (Å²) in [6.07, 6.45) is 0.182. The third-order valence-corrected chi connectivity index (χ3v) is 6.27. The molecule has 0 aliphatic carbocycles. The zero-order valence-corrected chi connectivity index (χ0v) is 16.8. The largest absolute Gasteiger partial charge is 0.352 e. The number of primary sulfonamides is 1. The van der Waals surface area contributed by atoms with E-state index in [1.54, 1.807) is 28.8 Å². The van der Waals surface area contributed by atoms with E-state index in [2.05, 4.69) is 5.32 Å². The molecule has 3 rings (SSSR count). The topological polar surface area (TPSA) is 110 Å². The number of fused-ring (bicyclic) bond motifs is 1. The van der Waals surface area contributed by atoms with Crippen molar-refractivity contribution in [2.24, 2.45) is 5.14 Å². The van der Waals surface area contributed by atoms with Gasteiger partial charge in [-0.1, -0.05) is 24.3 Å². The molecule has 0 atom stereocenters. The van der Waals surface area contributed by atoms with Crippen LogP contribution in [0.15, 0.2) is 58.3 Å². The zero-order chi connectivity index (χ0) is 20.1. The Hall–Kier alpha value is -2.36. The van der Waals surface area contributed by atoms with Crippen LogP contribution >= 0.6 is 11.8 Å². The number of thioether (sulfide) groups is 1. The van der Waals surface area contributed by atoms with Crippen LogP contribution < -0.4 is 15.4 Å². The third kappa shape index (κ3) is 5.12. The average Bonchev–Trinajstić information content (AvgIpc) is 2.69. The second-order valence-corrected chi connectivity index (χ2v) is 9.03. The molecule has 2 amide bonds. The highest BCUT2D eigenvalue weighted by Crippen LogP contribution is 2.34. The summed E-state index contributed by atoms with van der Waals surface area (Å²) in [5.41, 5.74) is 1.51. The molecule has 0 radical (unpaired) electrons.